The Kier molecular flexibility index (Phi) is 7.33. The van der Waals surface area contributed by atoms with Crippen LogP contribution in [0.25, 0.3) is 0 Å². The number of fused-ring (bicyclic) bond motifs is 2. The van der Waals surface area contributed by atoms with Crippen molar-refractivity contribution in [3.05, 3.63) is 24.2 Å². The van der Waals surface area contributed by atoms with Crippen LogP contribution in [-0.2, 0) is 42.9 Å². The van der Waals surface area contributed by atoms with E-state index in [-0.39, 0.29) is 31.1 Å². The molecule has 45 heavy (non-hydrogen) atoms. The number of esters is 3. The fourth-order valence-electron chi connectivity index (χ4n) is 11.2. The summed E-state index contributed by atoms with van der Waals surface area (Å²) in [7, 11) is 0. The maximum Gasteiger partial charge on any atom is 0.310 e. The summed E-state index contributed by atoms with van der Waals surface area (Å²) in [4.78, 5) is 51.9. The van der Waals surface area contributed by atoms with Crippen LogP contribution in [0.3, 0.4) is 0 Å². The topological polar surface area (TPSA) is 148 Å². The highest BCUT2D eigenvalue weighted by atomic mass is 16.6. The molecule has 11 nitrogen and oxygen atoms in total. The zero-order valence-corrected chi connectivity index (χ0v) is 27.4. The van der Waals surface area contributed by atoms with Gasteiger partial charge in [-0.3, -0.25) is 19.2 Å². The molecular formula is C34H46O11. The Morgan fingerprint density at radius 1 is 1.11 bits per heavy atom. The van der Waals surface area contributed by atoms with Crippen molar-refractivity contribution in [2.75, 3.05) is 0 Å². The van der Waals surface area contributed by atoms with Crippen molar-refractivity contribution in [2.24, 2.45) is 34.0 Å². The van der Waals surface area contributed by atoms with Crippen molar-refractivity contribution in [2.45, 2.75) is 129 Å². The number of carbonyl (C=O) groups is 4. The summed E-state index contributed by atoms with van der Waals surface area (Å²) in [6.07, 6.45) is -0.639. The summed E-state index contributed by atoms with van der Waals surface area (Å²) in [6, 6.07) is 1.83. The first-order valence-corrected chi connectivity index (χ1v) is 16.1. The summed E-state index contributed by atoms with van der Waals surface area (Å²) in [5, 5.41) is 12.2. The molecule has 5 aliphatic rings. The van der Waals surface area contributed by atoms with Crippen molar-refractivity contribution in [3.8, 4) is 0 Å². The van der Waals surface area contributed by atoms with E-state index in [1.165, 1.54) is 6.92 Å². The van der Waals surface area contributed by atoms with Gasteiger partial charge in [-0.2, -0.15) is 0 Å². The Hall–Kier alpha value is -2.92. The minimum Gasteiger partial charge on any atom is -0.472 e. The first-order chi connectivity index (χ1) is 21.0. The molecule has 3 aliphatic carbocycles. The molecular weight excluding hydrogens is 584 g/mol. The van der Waals surface area contributed by atoms with Gasteiger partial charge < -0.3 is 33.2 Å². The molecule has 0 amide bonds. The van der Waals surface area contributed by atoms with E-state index < -0.39 is 87.7 Å². The lowest BCUT2D eigenvalue weighted by Gasteiger charge is -2.80. The number of ether oxygens (including phenoxy) is 5. The number of aliphatic hydroxyl groups excluding tert-OH is 1. The second kappa shape index (κ2) is 10.3. The lowest BCUT2D eigenvalue weighted by atomic mass is 9.32. The van der Waals surface area contributed by atoms with Gasteiger partial charge >= 0.3 is 17.9 Å². The third-order valence-electron chi connectivity index (χ3n) is 12.5. The molecule has 0 radical (unpaired) electrons. The molecule has 11 heteroatoms. The zero-order chi connectivity index (χ0) is 32.9. The van der Waals surface area contributed by atoms with Crippen LogP contribution in [0, 0.1) is 34.0 Å². The third-order valence-corrected chi connectivity index (χ3v) is 12.5. The van der Waals surface area contributed by atoms with Crippen LogP contribution in [0.4, 0.5) is 0 Å². The van der Waals surface area contributed by atoms with E-state index in [9.17, 15) is 24.3 Å². The molecule has 12 atom stereocenters. The van der Waals surface area contributed by atoms with E-state index in [0.717, 1.165) is 5.56 Å². The van der Waals surface area contributed by atoms with Crippen molar-refractivity contribution >= 4 is 24.4 Å². The van der Waals surface area contributed by atoms with Gasteiger partial charge in [0, 0.05) is 47.3 Å². The number of hydrogen-bond donors (Lipinski definition) is 1. The van der Waals surface area contributed by atoms with Crippen molar-refractivity contribution in [1.82, 2.24) is 0 Å². The first-order valence-electron chi connectivity index (χ1n) is 16.1. The van der Waals surface area contributed by atoms with Crippen molar-refractivity contribution in [3.63, 3.8) is 0 Å². The molecule has 0 aromatic carbocycles. The summed E-state index contributed by atoms with van der Waals surface area (Å²) in [5.41, 5.74) is -4.46. The largest absolute Gasteiger partial charge is 0.472 e. The van der Waals surface area contributed by atoms with Crippen LogP contribution < -0.4 is 0 Å². The van der Waals surface area contributed by atoms with E-state index in [2.05, 4.69) is 0 Å². The van der Waals surface area contributed by atoms with Gasteiger partial charge in [0.25, 0.3) is 6.47 Å². The number of hydrogen-bond acceptors (Lipinski definition) is 11. The quantitative estimate of drug-likeness (QED) is 0.264. The molecule has 1 aromatic heterocycles. The Labute approximate surface area is 263 Å². The Morgan fingerprint density at radius 2 is 1.82 bits per heavy atom. The van der Waals surface area contributed by atoms with Crippen LogP contribution in [-0.4, -0.2) is 71.2 Å². The molecule has 248 valence electrons. The maximum absolute atomic E-state index is 13.6. The van der Waals surface area contributed by atoms with Gasteiger partial charge in [0.15, 0.2) is 0 Å². The van der Waals surface area contributed by atoms with E-state index in [1.54, 1.807) is 12.5 Å². The summed E-state index contributed by atoms with van der Waals surface area (Å²) < 4.78 is 37.0. The molecule has 3 saturated carbocycles. The summed E-state index contributed by atoms with van der Waals surface area (Å²) >= 11 is 0. The minimum atomic E-state index is -1.25. The van der Waals surface area contributed by atoms with Gasteiger partial charge in [-0.05, 0) is 44.2 Å². The van der Waals surface area contributed by atoms with Crippen LogP contribution in [0.15, 0.2) is 23.0 Å². The molecule has 2 saturated heterocycles. The standard InChI is InChI=1S/C34H46O11/c1-17(2)11-25(38)43-29-27(41-16-35)28-31(6)21(30(4,5)45-26(39)14-23(31)42-18(3)36)13-24-33(28,8)34(44-24)22(37)12-20(32(29,34)7)19-9-10-40-15-19/h9-10,15-17,20-24,27-29,37H,11-14H2,1-8H3. The average Bonchev–Trinajstić information content (AvgIpc) is 3.51. The van der Waals surface area contributed by atoms with Gasteiger partial charge in [-0.25, -0.2) is 0 Å². The molecule has 0 bridgehead atoms. The molecule has 12 unspecified atom stereocenters. The molecule has 2 aliphatic heterocycles. The molecule has 3 heterocycles. The summed E-state index contributed by atoms with van der Waals surface area (Å²) in [6.45, 7) is 15.1. The van der Waals surface area contributed by atoms with E-state index in [1.807, 2.05) is 54.5 Å². The van der Waals surface area contributed by atoms with Crippen LogP contribution in [0.1, 0.15) is 92.6 Å². The normalized spacial score (nSPS) is 46.0. The Bertz CT molecular complexity index is 1370. The molecule has 1 aromatic rings. The maximum atomic E-state index is 13.6. The lowest BCUT2D eigenvalue weighted by molar-refractivity contribution is -0.463. The van der Waals surface area contributed by atoms with Crippen molar-refractivity contribution < 1.29 is 52.4 Å². The van der Waals surface area contributed by atoms with Gasteiger partial charge in [-0.15, -0.1) is 0 Å². The SMILES string of the molecule is CC(=O)OC1CC(=O)OC(C)(C)C2CC3OC45C(O)CC(c6ccoc6)C4(C)C(OC(=O)CC(C)C)C(OC=O)C(C12C)C35C. The fraction of sp³-hybridized carbons (Fsp3) is 0.765. The number of aliphatic hydroxyl groups is 1. The second-order valence-electron chi connectivity index (χ2n) is 15.5. The van der Waals surface area contributed by atoms with Crippen LogP contribution in [0.5, 0.6) is 0 Å². The van der Waals surface area contributed by atoms with Gasteiger partial charge in [0.2, 0.25) is 0 Å². The van der Waals surface area contributed by atoms with Gasteiger partial charge in [0.05, 0.1) is 31.2 Å². The molecule has 1 spiro atoms. The Morgan fingerprint density at radius 3 is 2.42 bits per heavy atom. The van der Waals surface area contributed by atoms with Gasteiger partial charge in [0.1, 0.15) is 29.5 Å². The van der Waals surface area contributed by atoms with E-state index in [4.69, 9.17) is 28.1 Å². The van der Waals surface area contributed by atoms with Crippen molar-refractivity contribution in [1.29, 1.82) is 0 Å². The van der Waals surface area contributed by atoms with Crippen LogP contribution in [0.2, 0.25) is 0 Å². The number of rotatable bonds is 7. The highest BCUT2D eigenvalue weighted by Crippen LogP contribution is 2.82. The highest BCUT2D eigenvalue weighted by Gasteiger charge is 2.91. The second-order valence-corrected chi connectivity index (χ2v) is 15.5. The van der Waals surface area contributed by atoms with Gasteiger partial charge in [-0.1, -0.05) is 34.6 Å². The van der Waals surface area contributed by atoms with E-state index in [0.29, 0.717) is 12.9 Å². The molecule has 5 fully saturated rings. The zero-order valence-electron chi connectivity index (χ0n) is 27.4. The third kappa shape index (κ3) is 4.01. The van der Waals surface area contributed by atoms with Crippen LogP contribution >= 0.6 is 0 Å². The smallest absolute Gasteiger partial charge is 0.310 e. The number of cyclic esters (lactones) is 1. The predicted octanol–water partition coefficient (Wildman–Crippen LogP) is 4.09. The first kappa shape index (κ1) is 32.0. The number of carbonyl (C=O) groups excluding carboxylic acids is 4. The number of furan rings is 1. The summed E-state index contributed by atoms with van der Waals surface area (Å²) in [5.74, 6) is -3.03. The molecule has 6 rings (SSSR count). The lowest BCUT2D eigenvalue weighted by Crippen LogP contribution is -2.89. The fourth-order valence-corrected chi connectivity index (χ4v) is 11.2. The average molecular weight is 631 g/mol. The van der Waals surface area contributed by atoms with E-state index >= 15 is 0 Å². The predicted molar refractivity (Wildman–Crippen MR) is 156 cm³/mol. The highest BCUT2D eigenvalue weighted by molar-refractivity contribution is 5.73. The minimum absolute atomic E-state index is 0.00234. The monoisotopic (exact) mass is 630 g/mol. The molecule has 1 N–H and O–H groups in total. The Balaban J connectivity index is 1.63.